The summed E-state index contributed by atoms with van der Waals surface area (Å²) in [4.78, 5) is 27.7. The van der Waals surface area contributed by atoms with Gasteiger partial charge in [0, 0.05) is 25.6 Å². The fraction of sp³-hybridized carbons (Fsp3) is 0.259. The number of ether oxygens (including phenoxy) is 1. The zero-order valence-corrected chi connectivity index (χ0v) is 18.5. The second-order valence-corrected chi connectivity index (χ2v) is 8.26. The number of nitrogens with one attached hydrogen (secondary N) is 1. The fourth-order valence-corrected chi connectivity index (χ4v) is 4.24. The second-order valence-electron chi connectivity index (χ2n) is 8.26. The quantitative estimate of drug-likeness (QED) is 0.671. The van der Waals surface area contributed by atoms with Crippen LogP contribution < -0.4 is 5.32 Å². The summed E-state index contributed by atoms with van der Waals surface area (Å²) in [7, 11) is 1.60. The minimum atomic E-state index is -1.12. The van der Waals surface area contributed by atoms with Crippen LogP contribution in [0.3, 0.4) is 0 Å². The molecule has 1 saturated heterocycles. The Morgan fingerprint density at radius 2 is 1.72 bits per heavy atom. The van der Waals surface area contributed by atoms with Crippen molar-refractivity contribution in [3.05, 3.63) is 95.6 Å². The lowest BCUT2D eigenvalue weighted by atomic mass is 9.90. The first-order valence-electron chi connectivity index (χ1n) is 10.9. The Morgan fingerprint density at radius 3 is 2.41 bits per heavy atom. The van der Waals surface area contributed by atoms with E-state index in [1.807, 2.05) is 36.4 Å². The van der Waals surface area contributed by atoms with Crippen molar-refractivity contribution in [1.82, 2.24) is 10.2 Å². The van der Waals surface area contributed by atoms with Gasteiger partial charge in [0.15, 0.2) is 5.60 Å². The molecule has 0 aliphatic carbocycles. The molecule has 4 rings (SSSR count). The SMILES string of the molecule is CNC(=O)[C@]1(Cc2ccc(-c3cccc(C)c3)cc2)CN(C(=O)c2ccccc2)CCO1. The summed E-state index contributed by atoms with van der Waals surface area (Å²) in [5.41, 5.74) is 3.97. The van der Waals surface area contributed by atoms with Gasteiger partial charge in [0.05, 0.1) is 13.2 Å². The topological polar surface area (TPSA) is 58.6 Å². The van der Waals surface area contributed by atoms with E-state index in [0.29, 0.717) is 25.1 Å². The van der Waals surface area contributed by atoms with Crippen LogP contribution in [-0.2, 0) is 16.0 Å². The highest BCUT2D eigenvalue weighted by Crippen LogP contribution is 2.27. The molecule has 0 aromatic heterocycles. The third kappa shape index (κ3) is 4.58. The highest BCUT2D eigenvalue weighted by Gasteiger charge is 2.44. The third-order valence-electron chi connectivity index (χ3n) is 5.93. The lowest BCUT2D eigenvalue weighted by Crippen LogP contribution is -2.61. The molecule has 32 heavy (non-hydrogen) atoms. The number of amides is 2. The molecule has 1 atom stereocenters. The zero-order chi connectivity index (χ0) is 22.6. The van der Waals surface area contributed by atoms with E-state index in [9.17, 15) is 9.59 Å². The van der Waals surface area contributed by atoms with Gasteiger partial charge >= 0.3 is 0 Å². The highest BCUT2D eigenvalue weighted by atomic mass is 16.5. The van der Waals surface area contributed by atoms with Gasteiger partial charge in [0.25, 0.3) is 11.8 Å². The number of hydrogen-bond donors (Lipinski definition) is 1. The van der Waals surface area contributed by atoms with Gasteiger partial charge in [-0.15, -0.1) is 0 Å². The van der Waals surface area contributed by atoms with Gasteiger partial charge in [-0.05, 0) is 35.7 Å². The molecule has 2 amide bonds. The number of morpholine rings is 1. The summed E-state index contributed by atoms with van der Waals surface area (Å²) >= 11 is 0. The molecule has 1 aliphatic rings. The molecule has 0 spiro atoms. The predicted molar refractivity (Wildman–Crippen MR) is 125 cm³/mol. The average Bonchev–Trinajstić information content (AvgIpc) is 2.84. The van der Waals surface area contributed by atoms with Crippen molar-refractivity contribution in [2.24, 2.45) is 0 Å². The Balaban J connectivity index is 1.57. The first kappa shape index (κ1) is 21.8. The fourth-order valence-electron chi connectivity index (χ4n) is 4.24. The summed E-state index contributed by atoms with van der Waals surface area (Å²) in [5.74, 6) is -0.303. The lowest BCUT2D eigenvalue weighted by Gasteiger charge is -2.41. The molecule has 0 saturated carbocycles. The highest BCUT2D eigenvalue weighted by molar-refractivity contribution is 5.95. The first-order chi connectivity index (χ1) is 15.5. The molecule has 5 nitrogen and oxygen atoms in total. The summed E-state index contributed by atoms with van der Waals surface area (Å²) in [6, 6.07) is 25.7. The van der Waals surface area contributed by atoms with Crippen LogP contribution in [0.4, 0.5) is 0 Å². The number of hydrogen-bond acceptors (Lipinski definition) is 3. The molecular formula is C27H28N2O3. The lowest BCUT2D eigenvalue weighted by molar-refractivity contribution is -0.156. The zero-order valence-electron chi connectivity index (χ0n) is 18.5. The van der Waals surface area contributed by atoms with Crippen molar-refractivity contribution >= 4 is 11.8 Å². The summed E-state index contributed by atoms with van der Waals surface area (Å²) < 4.78 is 6.06. The van der Waals surface area contributed by atoms with E-state index in [1.54, 1.807) is 24.1 Å². The van der Waals surface area contributed by atoms with Gasteiger partial charge < -0.3 is 15.0 Å². The van der Waals surface area contributed by atoms with Gasteiger partial charge in [-0.25, -0.2) is 0 Å². The second kappa shape index (κ2) is 9.37. The van der Waals surface area contributed by atoms with Crippen LogP contribution in [0.25, 0.3) is 11.1 Å². The predicted octanol–water partition coefficient (Wildman–Crippen LogP) is 3.86. The standard InChI is InChI=1S/C27H28N2O3/c1-20-7-6-10-24(17-20)22-13-11-21(12-14-22)18-27(26(31)28-2)19-29(15-16-32-27)25(30)23-8-4-3-5-9-23/h3-14,17H,15-16,18-19H2,1-2H3,(H,28,31)/t27-/m0/s1. The van der Waals surface area contributed by atoms with Gasteiger partial charge in [0.2, 0.25) is 0 Å². The summed E-state index contributed by atoms with van der Waals surface area (Å²) in [5, 5.41) is 2.74. The molecule has 164 valence electrons. The average molecular weight is 429 g/mol. The van der Waals surface area contributed by atoms with Crippen LogP contribution in [0.5, 0.6) is 0 Å². The summed E-state index contributed by atoms with van der Waals surface area (Å²) in [6.07, 6.45) is 0.388. The smallest absolute Gasteiger partial charge is 0.254 e. The van der Waals surface area contributed by atoms with Crippen LogP contribution in [0, 0.1) is 6.92 Å². The molecule has 1 fully saturated rings. The van der Waals surface area contributed by atoms with Gasteiger partial charge in [0.1, 0.15) is 0 Å². The van der Waals surface area contributed by atoms with Crippen LogP contribution in [0.1, 0.15) is 21.5 Å². The Bertz CT molecular complexity index is 1100. The molecule has 0 radical (unpaired) electrons. The number of carbonyl (C=O) groups is 2. The molecule has 0 bridgehead atoms. The Kier molecular flexibility index (Phi) is 6.37. The van der Waals surface area contributed by atoms with E-state index < -0.39 is 5.60 Å². The van der Waals surface area contributed by atoms with Gasteiger partial charge in [-0.3, -0.25) is 9.59 Å². The van der Waals surface area contributed by atoms with E-state index in [0.717, 1.165) is 16.7 Å². The van der Waals surface area contributed by atoms with E-state index in [2.05, 4.69) is 42.6 Å². The number of likely N-dealkylation sites (N-methyl/N-ethyl adjacent to an activating group) is 1. The molecule has 0 unspecified atom stereocenters. The number of rotatable bonds is 5. The maximum Gasteiger partial charge on any atom is 0.254 e. The van der Waals surface area contributed by atoms with Crippen LogP contribution >= 0.6 is 0 Å². The maximum absolute atomic E-state index is 13.0. The molecule has 1 N–H and O–H groups in total. The van der Waals surface area contributed by atoms with Crippen molar-refractivity contribution in [2.45, 2.75) is 18.9 Å². The third-order valence-corrected chi connectivity index (χ3v) is 5.93. The van der Waals surface area contributed by atoms with Crippen molar-refractivity contribution in [3.63, 3.8) is 0 Å². The molecule has 1 heterocycles. The van der Waals surface area contributed by atoms with Crippen LogP contribution in [0.15, 0.2) is 78.9 Å². The van der Waals surface area contributed by atoms with E-state index in [1.165, 1.54) is 5.56 Å². The number of aryl methyl sites for hydroxylation is 1. The van der Waals surface area contributed by atoms with Crippen LogP contribution in [-0.4, -0.2) is 49.1 Å². The van der Waals surface area contributed by atoms with Crippen molar-refractivity contribution in [2.75, 3.05) is 26.7 Å². The van der Waals surface area contributed by atoms with Gasteiger partial charge in [-0.1, -0.05) is 72.3 Å². The minimum Gasteiger partial charge on any atom is -0.361 e. The van der Waals surface area contributed by atoms with Crippen molar-refractivity contribution < 1.29 is 14.3 Å². The van der Waals surface area contributed by atoms with E-state index in [4.69, 9.17) is 4.74 Å². The minimum absolute atomic E-state index is 0.0861. The largest absolute Gasteiger partial charge is 0.361 e. The Morgan fingerprint density at radius 1 is 0.969 bits per heavy atom. The van der Waals surface area contributed by atoms with Crippen molar-refractivity contribution in [3.8, 4) is 11.1 Å². The monoisotopic (exact) mass is 428 g/mol. The summed E-state index contributed by atoms with van der Waals surface area (Å²) in [6.45, 7) is 3.06. The molecule has 1 aliphatic heterocycles. The molecular weight excluding hydrogens is 400 g/mol. The molecule has 3 aromatic rings. The van der Waals surface area contributed by atoms with Gasteiger partial charge in [-0.2, -0.15) is 0 Å². The number of benzene rings is 3. The number of carbonyl (C=O) groups excluding carboxylic acids is 2. The maximum atomic E-state index is 13.0. The van der Waals surface area contributed by atoms with Crippen LogP contribution in [0.2, 0.25) is 0 Å². The molecule has 3 aromatic carbocycles. The number of nitrogens with zero attached hydrogens (tertiary/aromatic N) is 1. The Hall–Kier alpha value is -3.44. The van der Waals surface area contributed by atoms with E-state index in [-0.39, 0.29) is 18.4 Å². The normalized spacial score (nSPS) is 18.2. The Labute approximate surface area is 189 Å². The van der Waals surface area contributed by atoms with Crippen molar-refractivity contribution in [1.29, 1.82) is 0 Å². The van der Waals surface area contributed by atoms with E-state index >= 15 is 0 Å². The first-order valence-corrected chi connectivity index (χ1v) is 10.9. The molecule has 5 heteroatoms.